The average Bonchev–Trinajstić information content (AvgIpc) is 3.03. The molecule has 0 atom stereocenters. The number of aromatic nitrogens is 3. The summed E-state index contributed by atoms with van der Waals surface area (Å²) in [5, 5.41) is 12.4. The number of hydrogen-bond acceptors (Lipinski definition) is 4. The molecule has 3 aromatic rings. The molecule has 134 valence electrons. The van der Waals surface area contributed by atoms with Gasteiger partial charge in [-0.15, -0.1) is 10.2 Å². The summed E-state index contributed by atoms with van der Waals surface area (Å²) in [6.07, 6.45) is 0. The van der Waals surface area contributed by atoms with Crippen molar-refractivity contribution in [3.05, 3.63) is 59.4 Å². The molecule has 3 rings (SSSR count). The van der Waals surface area contributed by atoms with Crippen LogP contribution in [0.2, 0.25) is 5.02 Å². The van der Waals surface area contributed by atoms with Crippen LogP contribution in [0.15, 0.2) is 53.7 Å². The van der Waals surface area contributed by atoms with Gasteiger partial charge < -0.3 is 9.88 Å². The summed E-state index contributed by atoms with van der Waals surface area (Å²) >= 11 is 7.20. The summed E-state index contributed by atoms with van der Waals surface area (Å²) < 4.78 is 15.1. The van der Waals surface area contributed by atoms with E-state index in [4.69, 9.17) is 11.6 Å². The lowest BCUT2D eigenvalue weighted by atomic mass is 10.2. The van der Waals surface area contributed by atoms with Gasteiger partial charge in [-0.3, -0.25) is 4.79 Å². The number of carbonyl (C=O) groups excluding carboxylic acids is 1. The van der Waals surface area contributed by atoms with Crippen LogP contribution in [0, 0.1) is 5.82 Å². The summed E-state index contributed by atoms with van der Waals surface area (Å²) in [7, 11) is 0. The molecular formula is C18H16ClFN4OS. The van der Waals surface area contributed by atoms with Crippen LogP contribution in [0.1, 0.15) is 6.92 Å². The molecule has 5 nitrogen and oxygen atoms in total. The van der Waals surface area contributed by atoms with Crippen molar-refractivity contribution in [3.63, 3.8) is 0 Å². The van der Waals surface area contributed by atoms with E-state index in [2.05, 4.69) is 15.5 Å². The van der Waals surface area contributed by atoms with Crippen LogP contribution < -0.4 is 5.32 Å². The Morgan fingerprint density at radius 2 is 2.00 bits per heavy atom. The summed E-state index contributed by atoms with van der Waals surface area (Å²) in [6, 6.07) is 13.1. The fourth-order valence-electron chi connectivity index (χ4n) is 2.39. The van der Waals surface area contributed by atoms with Gasteiger partial charge in [-0.25, -0.2) is 4.39 Å². The van der Waals surface area contributed by atoms with Crippen molar-refractivity contribution < 1.29 is 9.18 Å². The van der Waals surface area contributed by atoms with E-state index in [1.807, 2.05) is 23.6 Å². The smallest absolute Gasteiger partial charge is 0.234 e. The lowest BCUT2D eigenvalue weighted by Gasteiger charge is -2.08. The maximum atomic E-state index is 13.2. The molecule has 0 fully saturated rings. The summed E-state index contributed by atoms with van der Waals surface area (Å²) in [6.45, 7) is 2.65. The minimum atomic E-state index is -0.395. The van der Waals surface area contributed by atoms with Crippen LogP contribution in [0.4, 0.5) is 10.1 Å². The van der Waals surface area contributed by atoms with Crippen LogP contribution in [0.25, 0.3) is 11.4 Å². The Labute approximate surface area is 159 Å². The number of nitrogens with one attached hydrogen (secondary N) is 1. The lowest BCUT2D eigenvalue weighted by molar-refractivity contribution is -0.113. The van der Waals surface area contributed by atoms with Gasteiger partial charge in [-0.1, -0.05) is 29.4 Å². The Morgan fingerprint density at radius 1 is 1.23 bits per heavy atom. The van der Waals surface area contributed by atoms with Gasteiger partial charge in [0.25, 0.3) is 0 Å². The second kappa shape index (κ2) is 8.33. The third-order valence-corrected chi connectivity index (χ3v) is 4.79. The molecule has 0 aliphatic heterocycles. The molecular weight excluding hydrogens is 375 g/mol. The van der Waals surface area contributed by atoms with Crippen molar-refractivity contribution >= 4 is 35.0 Å². The van der Waals surface area contributed by atoms with Crippen LogP contribution in [-0.2, 0) is 11.3 Å². The Morgan fingerprint density at radius 3 is 2.69 bits per heavy atom. The number of benzene rings is 2. The predicted octanol–water partition coefficient (Wildman–Crippen LogP) is 4.49. The van der Waals surface area contributed by atoms with Crippen molar-refractivity contribution in [2.24, 2.45) is 0 Å². The number of rotatable bonds is 6. The molecule has 0 unspecified atom stereocenters. The molecule has 1 amide bonds. The van der Waals surface area contributed by atoms with E-state index in [-0.39, 0.29) is 11.7 Å². The highest BCUT2D eigenvalue weighted by Gasteiger charge is 2.14. The highest BCUT2D eigenvalue weighted by Crippen LogP contribution is 2.25. The minimum Gasteiger partial charge on any atom is -0.325 e. The molecule has 0 saturated heterocycles. The third-order valence-electron chi connectivity index (χ3n) is 3.58. The average molecular weight is 391 g/mol. The fourth-order valence-corrected chi connectivity index (χ4v) is 3.31. The molecule has 0 bridgehead atoms. The molecule has 0 aliphatic rings. The molecule has 2 aromatic carbocycles. The van der Waals surface area contributed by atoms with Crippen molar-refractivity contribution in [1.82, 2.24) is 14.8 Å². The topological polar surface area (TPSA) is 59.8 Å². The van der Waals surface area contributed by atoms with E-state index in [1.54, 1.807) is 24.3 Å². The van der Waals surface area contributed by atoms with Crippen molar-refractivity contribution in [3.8, 4) is 11.4 Å². The highest BCUT2D eigenvalue weighted by atomic mass is 35.5. The molecule has 1 aromatic heterocycles. The van der Waals surface area contributed by atoms with E-state index >= 15 is 0 Å². The molecule has 26 heavy (non-hydrogen) atoms. The van der Waals surface area contributed by atoms with Gasteiger partial charge >= 0.3 is 0 Å². The van der Waals surface area contributed by atoms with E-state index in [0.717, 1.165) is 11.4 Å². The zero-order valence-electron chi connectivity index (χ0n) is 13.9. The van der Waals surface area contributed by atoms with E-state index in [1.165, 1.54) is 23.9 Å². The van der Waals surface area contributed by atoms with E-state index in [0.29, 0.717) is 22.4 Å². The molecule has 1 N–H and O–H groups in total. The summed E-state index contributed by atoms with van der Waals surface area (Å²) in [5.41, 5.74) is 1.33. The molecule has 0 saturated carbocycles. The maximum absolute atomic E-state index is 13.2. The Hall–Kier alpha value is -2.38. The third kappa shape index (κ3) is 4.42. The van der Waals surface area contributed by atoms with Crippen LogP contribution in [-0.4, -0.2) is 26.4 Å². The number of nitrogens with zero attached hydrogens (tertiary/aromatic N) is 3. The van der Waals surface area contributed by atoms with Gasteiger partial charge in [0, 0.05) is 22.8 Å². The Bertz CT molecular complexity index is 914. The first-order chi connectivity index (χ1) is 12.6. The van der Waals surface area contributed by atoms with Crippen LogP contribution >= 0.6 is 23.4 Å². The first-order valence-electron chi connectivity index (χ1n) is 7.94. The molecule has 0 aliphatic carbocycles. The first-order valence-corrected chi connectivity index (χ1v) is 9.30. The second-order valence-electron chi connectivity index (χ2n) is 5.40. The van der Waals surface area contributed by atoms with E-state index in [9.17, 15) is 9.18 Å². The van der Waals surface area contributed by atoms with Gasteiger partial charge in [-0.05, 0) is 49.4 Å². The predicted molar refractivity (Wildman–Crippen MR) is 102 cm³/mol. The first kappa shape index (κ1) is 18.4. The molecule has 0 spiro atoms. The SMILES string of the molecule is CCn1c(SCC(=O)Nc2cccc(F)c2)nnc1-c1ccc(Cl)cc1. The Kier molecular flexibility index (Phi) is 5.90. The fraction of sp³-hybridized carbons (Fsp3) is 0.167. The van der Waals surface area contributed by atoms with E-state index < -0.39 is 5.82 Å². The zero-order chi connectivity index (χ0) is 18.5. The quantitative estimate of drug-likeness (QED) is 0.630. The minimum absolute atomic E-state index is 0.148. The van der Waals surface area contributed by atoms with Gasteiger partial charge in [0.2, 0.25) is 5.91 Å². The number of anilines is 1. The normalized spacial score (nSPS) is 10.7. The standard InChI is InChI=1S/C18H16ClFN4OS/c1-2-24-17(12-6-8-13(19)9-7-12)22-23-18(24)26-11-16(25)21-15-5-3-4-14(20)10-15/h3-10H,2,11H2,1H3,(H,21,25). The van der Waals surface area contributed by atoms with Crippen molar-refractivity contribution in [2.45, 2.75) is 18.6 Å². The highest BCUT2D eigenvalue weighted by molar-refractivity contribution is 7.99. The lowest BCUT2D eigenvalue weighted by Crippen LogP contribution is -2.14. The summed E-state index contributed by atoms with van der Waals surface area (Å²) in [4.78, 5) is 12.1. The monoisotopic (exact) mass is 390 g/mol. The van der Waals surface area contributed by atoms with Gasteiger partial charge in [0.15, 0.2) is 11.0 Å². The number of halogens is 2. The zero-order valence-corrected chi connectivity index (χ0v) is 15.5. The second-order valence-corrected chi connectivity index (χ2v) is 6.78. The largest absolute Gasteiger partial charge is 0.325 e. The number of hydrogen-bond donors (Lipinski definition) is 1. The van der Waals surface area contributed by atoms with Gasteiger partial charge in [0.05, 0.1) is 5.75 Å². The number of thioether (sulfide) groups is 1. The van der Waals surface area contributed by atoms with Crippen molar-refractivity contribution in [2.75, 3.05) is 11.1 Å². The molecule has 8 heteroatoms. The van der Waals surface area contributed by atoms with Gasteiger partial charge in [0.1, 0.15) is 5.82 Å². The van der Waals surface area contributed by atoms with Crippen molar-refractivity contribution in [1.29, 1.82) is 0 Å². The van der Waals surface area contributed by atoms with Gasteiger partial charge in [-0.2, -0.15) is 0 Å². The number of amides is 1. The number of carbonyl (C=O) groups is 1. The summed E-state index contributed by atoms with van der Waals surface area (Å²) in [5.74, 6) is 0.236. The molecule has 1 heterocycles. The maximum Gasteiger partial charge on any atom is 0.234 e. The Balaban J connectivity index is 1.68. The van der Waals surface area contributed by atoms with Crippen LogP contribution in [0.5, 0.6) is 0 Å². The molecule has 0 radical (unpaired) electrons. The van der Waals surface area contributed by atoms with Crippen LogP contribution in [0.3, 0.4) is 0 Å².